The minimum Gasteiger partial charge on any atom is -0.320 e. The van der Waals surface area contributed by atoms with Crippen molar-refractivity contribution in [3.05, 3.63) is 85.7 Å². The minimum atomic E-state index is -0.491. The van der Waals surface area contributed by atoms with Crippen molar-refractivity contribution in [2.45, 2.75) is 13.8 Å². The van der Waals surface area contributed by atoms with Crippen LogP contribution in [-0.4, -0.2) is 10.5 Å². The molecule has 0 aliphatic heterocycles. The van der Waals surface area contributed by atoms with Crippen molar-refractivity contribution in [3.63, 3.8) is 0 Å². The van der Waals surface area contributed by atoms with Gasteiger partial charge in [-0.3, -0.25) is 4.79 Å². The molecule has 3 aromatic rings. The van der Waals surface area contributed by atoms with Crippen LogP contribution in [0.2, 0.25) is 5.02 Å². The van der Waals surface area contributed by atoms with E-state index in [-0.39, 0.29) is 5.57 Å². The summed E-state index contributed by atoms with van der Waals surface area (Å²) in [4.78, 5) is 12.5. The van der Waals surface area contributed by atoms with Gasteiger partial charge >= 0.3 is 0 Å². The van der Waals surface area contributed by atoms with Crippen LogP contribution < -0.4 is 5.32 Å². The maximum absolute atomic E-state index is 12.5. The molecule has 0 aliphatic rings. The Bertz CT molecular complexity index is 1110. The maximum atomic E-state index is 12.5. The molecule has 0 unspecified atom stereocenters. The summed E-state index contributed by atoms with van der Waals surface area (Å²) in [5, 5.41) is 12.6. The highest BCUT2D eigenvalue weighted by molar-refractivity contribution is 14.1. The number of rotatable bonds is 4. The van der Waals surface area contributed by atoms with Gasteiger partial charge in [-0.25, -0.2) is 0 Å². The van der Waals surface area contributed by atoms with Crippen LogP contribution in [0.5, 0.6) is 0 Å². The average molecular weight is 502 g/mol. The lowest BCUT2D eigenvalue weighted by Gasteiger charge is -2.10. The zero-order chi connectivity index (χ0) is 20.3. The second-order valence-corrected chi connectivity index (χ2v) is 7.89. The highest BCUT2D eigenvalue weighted by atomic mass is 127. The van der Waals surface area contributed by atoms with E-state index in [1.54, 1.807) is 30.3 Å². The molecule has 1 amide bonds. The van der Waals surface area contributed by atoms with Crippen LogP contribution in [0, 0.1) is 28.7 Å². The molecule has 0 spiro atoms. The molecule has 1 N–H and O–H groups in total. The molecule has 0 saturated heterocycles. The van der Waals surface area contributed by atoms with Crippen LogP contribution in [0.25, 0.3) is 11.8 Å². The normalized spacial score (nSPS) is 11.2. The molecule has 0 radical (unpaired) electrons. The average Bonchev–Trinajstić information content (AvgIpc) is 2.95. The topological polar surface area (TPSA) is 57.8 Å². The zero-order valence-corrected chi connectivity index (χ0v) is 18.2. The standard InChI is InChI=1S/C22H17ClIN3O/c1-14-11-16(15(2)27(14)19-9-7-18(24)8-10-19)12-17(13-25)22(28)26-21-6-4-3-5-20(21)23/h3-12H,1-2H3,(H,26,28)/b17-12-. The number of para-hydroxylation sites is 1. The summed E-state index contributed by atoms with van der Waals surface area (Å²) < 4.78 is 3.26. The largest absolute Gasteiger partial charge is 0.320 e. The first kappa shape index (κ1) is 20.2. The molecule has 6 heteroatoms. The third-order valence-electron chi connectivity index (χ3n) is 4.34. The van der Waals surface area contributed by atoms with Gasteiger partial charge in [-0.1, -0.05) is 23.7 Å². The van der Waals surface area contributed by atoms with Crippen molar-refractivity contribution in [1.29, 1.82) is 5.26 Å². The van der Waals surface area contributed by atoms with Crippen molar-refractivity contribution < 1.29 is 4.79 Å². The van der Waals surface area contributed by atoms with E-state index < -0.39 is 5.91 Å². The van der Waals surface area contributed by atoms with Crippen LogP contribution in [0.4, 0.5) is 5.69 Å². The number of carbonyl (C=O) groups excluding carboxylic acids is 1. The van der Waals surface area contributed by atoms with E-state index in [9.17, 15) is 10.1 Å². The second kappa shape index (κ2) is 8.63. The monoisotopic (exact) mass is 501 g/mol. The fraction of sp³-hybridized carbons (Fsp3) is 0.0909. The van der Waals surface area contributed by atoms with Crippen molar-refractivity contribution in [3.8, 4) is 11.8 Å². The first-order chi connectivity index (χ1) is 13.4. The Kier molecular flexibility index (Phi) is 6.22. The number of benzene rings is 2. The Hall–Kier alpha value is -2.56. The molecule has 140 valence electrons. The van der Waals surface area contributed by atoms with Crippen LogP contribution in [0.3, 0.4) is 0 Å². The van der Waals surface area contributed by atoms with Crippen molar-refractivity contribution in [2.75, 3.05) is 5.32 Å². The number of aromatic nitrogens is 1. The number of hydrogen-bond donors (Lipinski definition) is 1. The summed E-state index contributed by atoms with van der Waals surface area (Å²) in [6, 6.07) is 19.1. The molecule has 0 fully saturated rings. The van der Waals surface area contributed by atoms with Gasteiger partial charge in [0.05, 0.1) is 10.7 Å². The lowest BCUT2D eigenvalue weighted by molar-refractivity contribution is -0.112. The summed E-state index contributed by atoms with van der Waals surface area (Å²) in [6.07, 6.45) is 1.61. The fourth-order valence-corrected chi connectivity index (χ4v) is 3.52. The SMILES string of the molecule is Cc1cc(/C=C(/C#N)C(=O)Nc2ccccc2Cl)c(C)n1-c1ccc(I)cc1. The predicted molar refractivity (Wildman–Crippen MR) is 122 cm³/mol. The molecule has 3 rings (SSSR count). The zero-order valence-electron chi connectivity index (χ0n) is 15.3. The summed E-state index contributed by atoms with van der Waals surface area (Å²) in [5.41, 5.74) is 4.32. The summed E-state index contributed by atoms with van der Waals surface area (Å²) in [7, 11) is 0. The van der Waals surface area contributed by atoms with Gasteiger partial charge in [0, 0.05) is 20.6 Å². The number of nitrogens with one attached hydrogen (secondary N) is 1. The van der Waals surface area contributed by atoms with Crippen molar-refractivity contribution >= 4 is 51.9 Å². The van der Waals surface area contributed by atoms with Gasteiger partial charge in [0.1, 0.15) is 11.6 Å². The Morgan fingerprint density at radius 1 is 1.18 bits per heavy atom. The van der Waals surface area contributed by atoms with Gasteiger partial charge in [-0.05, 0) is 90.5 Å². The first-order valence-electron chi connectivity index (χ1n) is 8.53. The van der Waals surface area contributed by atoms with E-state index in [2.05, 4.69) is 32.5 Å². The molecule has 28 heavy (non-hydrogen) atoms. The van der Waals surface area contributed by atoms with E-state index in [0.717, 1.165) is 26.2 Å². The fourth-order valence-electron chi connectivity index (χ4n) is 2.98. The van der Waals surface area contributed by atoms with Gasteiger partial charge in [-0.15, -0.1) is 0 Å². The third kappa shape index (κ3) is 4.29. The van der Waals surface area contributed by atoms with E-state index in [4.69, 9.17) is 11.6 Å². The second-order valence-electron chi connectivity index (χ2n) is 6.24. The van der Waals surface area contributed by atoms with Gasteiger partial charge < -0.3 is 9.88 Å². The first-order valence-corrected chi connectivity index (χ1v) is 9.99. The van der Waals surface area contributed by atoms with Gasteiger partial charge in [-0.2, -0.15) is 5.26 Å². The number of hydrogen-bond acceptors (Lipinski definition) is 2. The number of carbonyl (C=O) groups is 1. The molecule has 0 atom stereocenters. The number of halogens is 2. The molecule has 4 nitrogen and oxygen atoms in total. The predicted octanol–water partition coefficient (Wildman–Crippen LogP) is 5.90. The molecule has 1 heterocycles. The van der Waals surface area contributed by atoms with Crippen LogP contribution in [0.15, 0.2) is 60.2 Å². The summed E-state index contributed by atoms with van der Waals surface area (Å²) in [6.45, 7) is 3.97. The van der Waals surface area contributed by atoms with Crippen LogP contribution in [-0.2, 0) is 4.79 Å². The Labute approximate surface area is 182 Å². The number of aryl methyl sites for hydroxylation is 1. The minimum absolute atomic E-state index is 0.0165. The molecular formula is C22H17ClIN3O. The lowest BCUT2D eigenvalue weighted by atomic mass is 10.1. The molecule has 0 saturated carbocycles. The number of nitriles is 1. The lowest BCUT2D eigenvalue weighted by Crippen LogP contribution is -2.13. The Morgan fingerprint density at radius 3 is 2.50 bits per heavy atom. The molecular weight excluding hydrogens is 485 g/mol. The Morgan fingerprint density at radius 2 is 1.86 bits per heavy atom. The van der Waals surface area contributed by atoms with Crippen LogP contribution in [0.1, 0.15) is 17.0 Å². The number of anilines is 1. The smallest absolute Gasteiger partial charge is 0.266 e. The summed E-state index contributed by atoms with van der Waals surface area (Å²) in [5.74, 6) is -0.491. The number of amides is 1. The van der Waals surface area contributed by atoms with Gasteiger partial charge in [0.15, 0.2) is 0 Å². The van der Waals surface area contributed by atoms with Crippen molar-refractivity contribution in [1.82, 2.24) is 4.57 Å². The van der Waals surface area contributed by atoms with E-state index in [1.165, 1.54) is 0 Å². The van der Waals surface area contributed by atoms with Crippen molar-refractivity contribution in [2.24, 2.45) is 0 Å². The maximum Gasteiger partial charge on any atom is 0.266 e. The Balaban J connectivity index is 1.94. The molecule has 1 aromatic heterocycles. The van der Waals surface area contributed by atoms with E-state index >= 15 is 0 Å². The highest BCUT2D eigenvalue weighted by Crippen LogP contribution is 2.25. The molecule has 0 aliphatic carbocycles. The molecule has 0 bridgehead atoms. The van der Waals surface area contributed by atoms with Gasteiger partial charge in [0.25, 0.3) is 5.91 Å². The van der Waals surface area contributed by atoms with Gasteiger partial charge in [0.2, 0.25) is 0 Å². The van der Waals surface area contributed by atoms with E-state index in [0.29, 0.717) is 10.7 Å². The summed E-state index contributed by atoms with van der Waals surface area (Å²) >= 11 is 8.35. The molecule has 2 aromatic carbocycles. The highest BCUT2D eigenvalue weighted by Gasteiger charge is 2.14. The number of nitrogens with zero attached hydrogens (tertiary/aromatic N) is 2. The van der Waals surface area contributed by atoms with Crippen LogP contribution >= 0.6 is 34.2 Å². The third-order valence-corrected chi connectivity index (χ3v) is 5.39. The quantitative estimate of drug-likeness (QED) is 0.275. The van der Waals surface area contributed by atoms with E-state index in [1.807, 2.05) is 50.2 Å².